The minimum absolute atomic E-state index is 0.279. The molecule has 0 saturated heterocycles. The van der Waals surface area contributed by atoms with E-state index in [-0.39, 0.29) is 6.61 Å². The second-order valence-corrected chi connectivity index (χ2v) is 5.82. The van der Waals surface area contributed by atoms with Crippen molar-refractivity contribution in [2.75, 3.05) is 0 Å². The lowest BCUT2D eigenvalue weighted by Gasteiger charge is -2.15. The number of tetrazole rings is 1. The van der Waals surface area contributed by atoms with Gasteiger partial charge in [0.2, 0.25) is 0 Å². The first-order chi connectivity index (χ1) is 11.6. The summed E-state index contributed by atoms with van der Waals surface area (Å²) in [6.45, 7) is 4.30. The molecule has 0 aliphatic rings. The maximum Gasteiger partial charge on any atom is 0.365 e. The van der Waals surface area contributed by atoms with E-state index in [9.17, 15) is 4.79 Å². The minimum Gasteiger partial charge on any atom is -0.487 e. The van der Waals surface area contributed by atoms with E-state index in [1.165, 1.54) is 4.68 Å². The molecule has 0 saturated carbocycles. The lowest BCUT2D eigenvalue weighted by atomic mass is 10.0. The number of hydrogen-bond donors (Lipinski definition) is 1. The van der Waals surface area contributed by atoms with Crippen molar-refractivity contribution >= 4 is 11.6 Å². The fourth-order valence-electron chi connectivity index (χ4n) is 2.55. The van der Waals surface area contributed by atoms with Gasteiger partial charge in [0.05, 0.1) is 10.7 Å². The lowest BCUT2D eigenvalue weighted by molar-refractivity contribution is 0.304. The Morgan fingerprint density at radius 3 is 2.79 bits per heavy atom. The summed E-state index contributed by atoms with van der Waals surface area (Å²) in [5, 5.41) is 10.2. The standard InChI is InChI=1S/C17H17ClN4O2/c1-3-12-5-4-6-15(22-17(23)19-20-21-22)13(12)10-24-16-8-7-11(2)9-14(16)18/h4-9H,3,10H2,1-2H3,(H,19,21,23). The smallest absolute Gasteiger partial charge is 0.365 e. The van der Waals surface area contributed by atoms with E-state index in [0.29, 0.717) is 16.5 Å². The number of H-pyrrole nitrogens is 1. The van der Waals surface area contributed by atoms with Gasteiger partial charge in [-0.05, 0) is 53.1 Å². The van der Waals surface area contributed by atoms with Gasteiger partial charge in [-0.25, -0.2) is 9.89 Å². The van der Waals surface area contributed by atoms with Gasteiger partial charge in [0, 0.05) is 5.56 Å². The Labute approximate surface area is 144 Å². The second kappa shape index (κ2) is 6.88. The summed E-state index contributed by atoms with van der Waals surface area (Å²) in [5.41, 5.74) is 3.28. The first kappa shape index (κ1) is 16.3. The molecule has 124 valence electrons. The molecule has 1 aromatic heterocycles. The van der Waals surface area contributed by atoms with Gasteiger partial charge in [-0.2, -0.15) is 4.68 Å². The van der Waals surface area contributed by atoms with Crippen LogP contribution in [0, 0.1) is 6.92 Å². The number of hydrogen-bond acceptors (Lipinski definition) is 4. The third-order valence-corrected chi connectivity index (χ3v) is 4.08. The summed E-state index contributed by atoms with van der Waals surface area (Å²) < 4.78 is 7.12. The minimum atomic E-state index is -0.391. The number of aromatic nitrogens is 4. The Hall–Kier alpha value is -2.60. The summed E-state index contributed by atoms with van der Waals surface area (Å²) in [7, 11) is 0. The maximum atomic E-state index is 11.9. The van der Waals surface area contributed by atoms with Crippen molar-refractivity contribution in [1.82, 2.24) is 20.2 Å². The zero-order valence-electron chi connectivity index (χ0n) is 13.4. The molecule has 0 amide bonds. The maximum absolute atomic E-state index is 11.9. The van der Waals surface area contributed by atoms with Crippen LogP contribution in [0.25, 0.3) is 5.69 Å². The molecule has 1 heterocycles. The van der Waals surface area contributed by atoms with E-state index in [1.807, 2.05) is 50.2 Å². The van der Waals surface area contributed by atoms with Crippen molar-refractivity contribution in [3.8, 4) is 11.4 Å². The highest BCUT2D eigenvalue weighted by molar-refractivity contribution is 6.32. The molecule has 0 aliphatic carbocycles. The largest absolute Gasteiger partial charge is 0.487 e. The molecular weight excluding hydrogens is 328 g/mol. The van der Waals surface area contributed by atoms with E-state index in [2.05, 4.69) is 15.5 Å². The molecule has 6 nitrogen and oxygen atoms in total. The molecular formula is C17H17ClN4O2. The molecule has 7 heteroatoms. The summed E-state index contributed by atoms with van der Waals surface area (Å²) >= 11 is 6.23. The Kier molecular flexibility index (Phi) is 4.66. The van der Waals surface area contributed by atoms with Crippen LogP contribution in [0.1, 0.15) is 23.6 Å². The van der Waals surface area contributed by atoms with Crippen LogP contribution in [0.3, 0.4) is 0 Å². The third-order valence-electron chi connectivity index (χ3n) is 3.79. The number of rotatable bonds is 5. The molecule has 3 aromatic rings. The number of nitrogens with zero attached hydrogens (tertiary/aromatic N) is 3. The van der Waals surface area contributed by atoms with E-state index in [1.54, 1.807) is 0 Å². The summed E-state index contributed by atoms with van der Waals surface area (Å²) in [6, 6.07) is 11.3. The van der Waals surface area contributed by atoms with Crippen molar-refractivity contribution in [2.24, 2.45) is 0 Å². The quantitative estimate of drug-likeness (QED) is 0.772. The molecule has 0 fully saturated rings. The highest BCUT2D eigenvalue weighted by Gasteiger charge is 2.14. The van der Waals surface area contributed by atoms with Gasteiger partial charge >= 0.3 is 5.69 Å². The summed E-state index contributed by atoms with van der Waals surface area (Å²) in [4.78, 5) is 11.9. The normalized spacial score (nSPS) is 10.8. The molecule has 0 atom stereocenters. The van der Waals surface area contributed by atoms with Gasteiger partial charge in [0.1, 0.15) is 12.4 Å². The van der Waals surface area contributed by atoms with Crippen LogP contribution in [-0.2, 0) is 13.0 Å². The van der Waals surface area contributed by atoms with E-state index < -0.39 is 5.69 Å². The number of aromatic amines is 1. The average Bonchev–Trinajstić information content (AvgIpc) is 2.99. The fourth-order valence-corrected chi connectivity index (χ4v) is 2.84. The van der Waals surface area contributed by atoms with Crippen LogP contribution in [-0.4, -0.2) is 20.2 Å². The van der Waals surface area contributed by atoms with Crippen molar-refractivity contribution < 1.29 is 4.74 Å². The molecule has 0 bridgehead atoms. The van der Waals surface area contributed by atoms with Crippen LogP contribution in [0.5, 0.6) is 5.75 Å². The predicted octanol–water partition coefficient (Wildman–Crippen LogP) is 3.06. The number of ether oxygens (including phenoxy) is 1. The molecule has 1 N–H and O–H groups in total. The topological polar surface area (TPSA) is 72.8 Å². The highest BCUT2D eigenvalue weighted by Crippen LogP contribution is 2.27. The SMILES string of the molecule is CCc1cccc(-n2nn[nH]c2=O)c1COc1ccc(C)cc1Cl. The van der Waals surface area contributed by atoms with Crippen molar-refractivity contribution in [2.45, 2.75) is 26.9 Å². The molecule has 24 heavy (non-hydrogen) atoms. The monoisotopic (exact) mass is 344 g/mol. The van der Waals surface area contributed by atoms with Crippen molar-refractivity contribution in [3.05, 3.63) is 68.6 Å². The van der Waals surface area contributed by atoms with Gasteiger partial charge < -0.3 is 4.74 Å². The molecule has 0 spiro atoms. The van der Waals surface area contributed by atoms with E-state index >= 15 is 0 Å². The predicted molar refractivity (Wildman–Crippen MR) is 91.9 cm³/mol. The fraction of sp³-hybridized carbons (Fsp3) is 0.235. The zero-order chi connectivity index (χ0) is 17.1. The van der Waals surface area contributed by atoms with Gasteiger partial charge in [-0.3, -0.25) is 0 Å². The average molecular weight is 345 g/mol. The van der Waals surface area contributed by atoms with E-state index in [4.69, 9.17) is 16.3 Å². The molecule has 0 aliphatic heterocycles. The number of aryl methyl sites for hydroxylation is 2. The van der Waals surface area contributed by atoms with Crippen molar-refractivity contribution in [1.29, 1.82) is 0 Å². The highest BCUT2D eigenvalue weighted by atomic mass is 35.5. The first-order valence-corrected chi connectivity index (χ1v) is 7.98. The molecule has 0 radical (unpaired) electrons. The van der Waals surface area contributed by atoms with Gasteiger partial charge in [-0.1, -0.05) is 36.7 Å². The van der Waals surface area contributed by atoms with Crippen LogP contribution in [0.4, 0.5) is 0 Å². The number of benzene rings is 2. The van der Waals surface area contributed by atoms with Crippen molar-refractivity contribution in [3.63, 3.8) is 0 Å². The number of halogens is 1. The Morgan fingerprint density at radius 1 is 1.29 bits per heavy atom. The Balaban J connectivity index is 1.97. The number of nitrogens with one attached hydrogen (secondary N) is 1. The molecule has 2 aromatic carbocycles. The summed E-state index contributed by atoms with van der Waals surface area (Å²) in [6.07, 6.45) is 0.806. The van der Waals surface area contributed by atoms with E-state index in [0.717, 1.165) is 23.1 Å². The van der Waals surface area contributed by atoms with Gasteiger partial charge in [0.25, 0.3) is 0 Å². The first-order valence-electron chi connectivity index (χ1n) is 7.60. The molecule has 3 rings (SSSR count). The Morgan fingerprint density at radius 2 is 2.12 bits per heavy atom. The van der Waals surface area contributed by atoms with Crippen LogP contribution < -0.4 is 10.4 Å². The van der Waals surface area contributed by atoms with Crippen LogP contribution in [0.15, 0.2) is 41.2 Å². The van der Waals surface area contributed by atoms with Crippen LogP contribution >= 0.6 is 11.6 Å². The second-order valence-electron chi connectivity index (χ2n) is 5.41. The lowest BCUT2D eigenvalue weighted by Crippen LogP contribution is -2.19. The molecule has 0 unspecified atom stereocenters. The van der Waals surface area contributed by atoms with Gasteiger partial charge in [-0.15, -0.1) is 0 Å². The third kappa shape index (κ3) is 3.19. The van der Waals surface area contributed by atoms with Gasteiger partial charge in [0.15, 0.2) is 0 Å². The summed E-state index contributed by atoms with van der Waals surface area (Å²) in [5.74, 6) is 0.603. The van der Waals surface area contributed by atoms with Crippen LogP contribution in [0.2, 0.25) is 5.02 Å². The Bertz CT molecular complexity index is 917. The zero-order valence-corrected chi connectivity index (χ0v) is 14.2.